The van der Waals surface area contributed by atoms with Gasteiger partial charge in [-0.15, -0.1) is 0 Å². The zero-order valence-electron chi connectivity index (χ0n) is 22.8. The highest BCUT2D eigenvalue weighted by atomic mass is 32.2. The van der Waals surface area contributed by atoms with Gasteiger partial charge in [0.15, 0.2) is 0 Å². The van der Waals surface area contributed by atoms with Crippen molar-refractivity contribution >= 4 is 61.0 Å². The second-order valence-electron chi connectivity index (χ2n) is 10.1. The van der Waals surface area contributed by atoms with Gasteiger partial charge in [-0.3, -0.25) is 18.8 Å². The minimum atomic E-state index is -4.00. The molecule has 1 aliphatic heterocycles. The zero-order chi connectivity index (χ0) is 29.4. The molecule has 9 heteroatoms. The standard InChI is InChI=1S/C33H28N4O4S/c1-36(42(40,41)33(23-10-3-2-4-11-23)27-13-7-8-14-28(27)34)24-16-18-25(19-17-24)37-29-20-15-22-9-5-6-12-26(22)32(29)35-30(38)21-31(37)39/h2-20,33H,21,34H2,1H3,(H,35,38). The number of benzene rings is 5. The summed E-state index contributed by atoms with van der Waals surface area (Å²) in [5.41, 5.74) is 9.73. The Hall–Kier alpha value is -5.15. The van der Waals surface area contributed by atoms with Gasteiger partial charge in [0.1, 0.15) is 11.7 Å². The van der Waals surface area contributed by atoms with Crippen LogP contribution in [0, 0.1) is 0 Å². The van der Waals surface area contributed by atoms with Crippen LogP contribution in [0.25, 0.3) is 10.8 Å². The van der Waals surface area contributed by atoms with Crippen LogP contribution in [0.1, 0.15) is 22.8 Å². The van der Waals surface area contributed by atoms with Gasteiger partial charge < -0.3 is 11.1 Å². The van der Waals surface area contributed by atoms with Crippen LogP contribution in [0.3, 0.4) is 0 Å². The average molecular weight is 577 g/mol. The monoisotopic (exact) mass is 576 g/mol. The number of nitrogens with one attached hydrogen (secondary N) is 1. The number of nitrogens with zero attached hydrogens (tertiary/aromatic N) is 2. The van der Waals surface area contributed by atoms with Crippen molar-refractivity contribution in [1.29, 1.82) is 0 Å². The molecule has 8 nitrogen and oxygen atoms in total. The number of nitrogens with two attached hydrogens (primary N) is 1. The van der Waals surface area contributed by atoms with Crippen molar-refractivity contribution in [2.24, 2.45) is 0 Å². The van der Waals surface area contributed by atoms with E-state index in [-0.39, 0.29) is 12.3 Å². The molecule has 0 aliphatic carbocycles. The van der Waals surface area contributed by atoms with Crippen molar-refractivity contribution in [3.05, 3.63) is 126 Å². The van der Waals surface area contributed by atoms with Crippen molar-refractivity contribution in [1.82, 2.24) is 0 Å². The van der Waals surface area contributed by atoms with Crippen LogP contribution < -0.4 is 20.3 Å². The summed E-state index contributed by atoms with van der Waals surface area (Å²) in [4.78, 5) is 27.4. The fourth-order valence-corrected chi connectivity index (χ4v) is 7.17. The number of anilines is 5. The Bertz CT molecular complexity index is 1930. The van der Waals surface area contributed by atoms with Crippen molar-refractivity contribution < 1.29 is 18.0 Å². The van der Waals surface area contributed by atoms with E-state index in [1.807, 2.05) is 36.4 Å². The van der Waals surface area contributed by atoms with Crippen LogP contribution in [0.15, 0.2) is 115 Å². The highest BCUT2D eigenvalue weighted by molar-refractivity contribution is 7.93. The summed E-state index contributed by atoms with van der Waals surface area (Å²) in [5.74, 6) is -0.784. The van der Waals surface area contributed by atoms with Crippen molar-refractivity contribution in [3.63, 3.8) is 0 Å². The number of sulfonamides is 1. The van der Waals surface area contributed by atoms with E-state index in [1.165, 1.54) is 16.3 Å². The first-order valence-corrected chi connectivity index (χ1v) is 14.9. The molecule has 0 aromatic heterocycles. The molecule has 0 spiro atoms. The smallest absolute Gasteiger partial charge is 0.246 e. The second-order valence-corrected chi connectivity index (χ2v) is 12.1. The molecule has 6 rings (SSSR count). The summed E-state index contributed by atoms with van der Waals surface area (Å²) in [6.45, 7) is 0. The molecule has 1 aliphatic rings. The van der Waals surface area contributed by atoms with Gasteiger partial charge in [0, 0.05) is 23.8 Å². The van der Waals surface area contributed by atoms with Crippen LogP contribution >= 0.6 is 0 Å². The predicted molar refractivity (Wildman–Crippen MR) is 167 cm³/mol. The maximum atomic E-state index is 14.2. The molecular weight excluding hydrogens is 548 g/mol. The van der Waals surface area contributed by atoms with Gasteiger partial charge in [-0.2, -0.15) is 0 Å². The first kappa shape index (κ1) is 27.0. The third-order valence-electron chi connectivity index (χ3n) is 7.51. The molecule has 210 valence electrons. The lowest BCUT2D eigenvalue weighted by Gasteiger charge is -2.28. The average Bonchev–Trinajstić information content (AvgIpc) is 3.13. The normalized spacial score (nSPS) is 14.2. The fourth-order valence-electron chi connectivity index (χ4n) is 5.40. The van der Waals surface area contributed by atoms with Gasteiger partial charge in [0.2, 0.25) is 21.8 Å². The quantitative estimate of drug-likeness (QED) is 0.191. The van der Waals surface area contributed by atoms with E-state index >= 15 is 0 Å². The van der Waals surface area contributed by atoms with E-state index in [0.29, 0.717) is 39.6 Å². The Kier molecular flexibility index (Phi) is 6.88. The van der Waals surface area contributed by atoms with E-state index < -0.39 is 21.2 Å². The molecule has 5 aromatic carbocycles. The SMILES string of the molecule is CN(c1ccc(N2C(=O)CC(=O)Nc3c2ccc2ccccc32)cc1)S(=O)(=O)C(c1ccccc1)c1ccccc1N. The minimum Gasteiger partial charge on any atom is -0.398 e. The Morgan fingerprint density at radius 2 is 1.48 bits per heavy atom. The maximum Gasteiger partial charge on any atom is 0.246 e. The molecule has 1 atom stereocenters. The van der Waals surface area contributed by atoms with Crippen LogP contribution in [0.2, 0.25) is 0 Å². The number of carbonyl (C=O) groups excluding carboxylic acids is 2. The molecule has 0 saturated carbocycles. The lowest BCUT2D eigenvalue weighted by atomic mass is 10.0. The number of carbonyl (C=O) groups is 2. The molecule has 1 heterocycles. The van der Waals surface area contributed by atoms with Gasteiger partial charge >= 0.3 is 0 Å². The number of fused-ring (bicyclic) bond motifs is 3. The summed E-state index contributed by atoms with van der Waals surface area (Å²) in [6, 6.07) is 33.9. The van der Waals surface area contributed by atoms with Gasteiger partial charge in [-0.1, -0.05) is 78.9 Å². The number of hydrogen-bond acceptors (Lipinski definition) is 5. The zero-order valence-corrected chi connectivity index (χ0v) is 23.6. The highest BCUT2D eigenvalue weighted by Crippen LogP contribution is 2.41. The van der Waals surface area contributed by atoms with E-state index in [4.69, 9.17) is 5.73 Å². The highest BCUT2D eigenvalue weighted by Gasteiger charge is 2.35. The van der Waals surface area contributed by atoms with Crippen LogP contribution in [-0.2, 0) is 19.6 Å². The summed E-state index contributed by atoms with van der Waals surface area (Å²) in [5, 5.41) is 3.61. The van der Waals surface area contributed by atoms with Crippen LogP contribution in [0.4, 0.5) is 28.4 Å². The number of nitrogen functional groups attached to an aromatic ring is 1. The molecule has 5 aromatic rings. The van der Waals surface area contributed by atoms with Crippen molar-refractivity contribution in [2.75, 3.05) is 27.3 Å². The van der Waals surface area contributed by atoms with Crippen LogP contribution in [0.5, 0.6) is 0 Å². The molecule has 42 heavy (non-hydrogen) atoms. The molecule has 2 amide bonds. The molecule has 0 bridgehead atoms. The van der Waals surface area contributed by atoms with Crippen molar-refractivity contribution in [3.8, 4) is 0 Å². The lowest BCUT2D eigenvalue weighted by molar-refractivity contribution is -0.124. The summed E-state index contributed by atoms with van der Waals surface area (Å²) < 4.78 is 29.5. The Labute approximate surface area is 244 Å². The fraction of sp³-hybridized carbons (Fsp3) is 0.0909. The lowest BCUT2D eigenvalue weighted by Crippen LogP contribution is -2.32. The second kappa shape index (κ2) is 10.7. The Morgan fingerprint density at radius 1 is 0.810 bits per heavy atom. The third-order valence-corrected chi connectivity index (χ3v) is 9.60. The summed E-state index contributed by atoms with van der Waals surface area (Å²) in [6.07, 6.45) is -0.323. The molecule has 0 radical (unpaired) electrons. The van der Waals surface area contributed by atoms with E-state index in [1.54, 1.807) is 78.9 Å². The first-order chi connectivity index (χ1) is 20.3. The largest absolute Gasteiger partial charge is 0.398 e. The topological polar surface area (TPSA) is 113 Å². The van der Waals surface area contributed by atoms with Gasteiger partial charge in [-0.25, -0.2) is 8.42 Å². The minimum absolute atomic E-state index is 0.323. The van der Waals surface area contributed by atoms with Crippen molar-refractivity contribution in [2.45, 2.75) is 11.7 Å². The predicted octanol–water partition coefficient (Wildman–Crippen LogP) is 5.98. The van der Waals surface area contributed by atoms with Gasteiger partial charge in [-0.05, 0) is 52.9 Å². The Morgan fingerprint density at radius 3 is 2.21 bits per heavy atom. The summed E-state index contributed by atoms with van der Waals surface area (Å²) in [7, 11) is -2.50. The molecular formula is C33H28N4O4S. The molecule has 1 unspecified atom stereocenters. The summed E-state index contributed by atoms with van der Waals surface area (Å²) >= 11 is 0. The molecule has 3 N–H and O–H groups in total. The first-order valence-electron chi connectivity index (χ1n) is 13.4. The molecule has 0 saturated heterocycles. The van der Waals surface area contributed by atoms with E-state index in [2.05, 4.69) is 5.32 Å². The maximum absolute atomic E-state index is 14.2. The van der Waals surface area contributed by atoms with E-state index in [0.717, 1.165) is 10.8 Å². The number of rotatable bonds is 6. The van der Waals surface area contributed by atoms with Gasteiger partial charge in [0.05, 0.1) is 17.1 Å². The van der Waals surface area contributed by atoms with Crippen LogP contribution in [-0.4, -0.2) is 27.3 Å². The van der Waals surface area contributed by atoms with E-state index in [9.17, 15) is 18.0 Å². The third kappa shape index (κ3) is 4.73. The van der Waals surface area contributed by atoms with Gasteiger partial charge in [0.25, 0.3) is 0 Å². The number of para-hydroxylation sites is 1. The molecule has 0 fully saturated rings. The number of hydrogen-bond donors (Lipinski definition) is 2. The Balaban J connectivity index is 1.39. The number of amides is 2.